The first-order chi connectivity index (χ1) is 11.3. The van der Waals surface area contributed by atoms with Crippen LogP contribution in [0.5, 0.6) is 5.75 Å². The van der Waals surface area contributed by atoms with Crippen LogP contribution >= 0.6 is 11.3 Å². The fourth-order valence-electron chi connectivity index (χ4n) is 2.12. The molecule has 0 amide bonds. The van der Waals surface area contributed by atoms with E-state index in [0.717, 1.165) is 28.6 Å². The van der Waals surface area contributed by atoms with Crippen LogP contribution in [0.25, 0.3) is 0 Å². The molecular formula is C17H18N2O3S. The molecule has 0 saturated carbocycles. The Balaban J connectivity index is 1.50. The number of aliphatic hydroxyl groups is 1. The van der Waals surface area contributed by atoms with E-state index in [1.807, 2.05) is 35.7 Å². The average Bonchev–Trinajstić information content (AvgIpc) is 3.25. The van der Waals surface area contributed by atoms with Gasteiger partial charge in [0, 0.05) is 11.9 Å². The second-order valence-electron chi connectivity index (χ2n) is 5.01. The number of ether oxygens (including phenoxy) is 1. The van der Waals surface area contributed by atoms with Gasteiger partial charge in [-0.25, -0.2) is 4.98 Å². The Morgan fingerprint density at radius 1 is 1.22 bits per heavy atom. The summed E-state index contributed by atoms with van der Waals surface area (Å²) in [6, 6.07) is 11.8. The predicted molar refractivity (Wildman–Crippen MR) is 88.1 cm³/mol. The number of aliphatic hydroxyl groups excluding tert-OH is 1. The molecule has 0 saturated heterocycles. The van der Waals surface area contributed by atoms with Gasteiger partial charge in [-0.3, -0.25) is 0 Å². The lowest BCUT2D eigenvalue weighted by Crippen LogP contribution is -2.12. The average molecular weight is 330 g/mol. The molecule has 1 aromatic carbocycles. The Labute approximate surface area is 138 Å². The van der Waals surface area contributed by atoms with Crippen LogP contribution in [-0.4, -0.2) is 10.1 Å². The Morgan fingerprint density at radius 3 is 2.96 bits per heavy atom. The highest BCUT2D eigenvalue weighted by atomic mass is 32.1. The molecule has 23 heavy (non-hydrogen) atoms. The number of nitrogens with zero attached hydrogens (tertiary/aromatic N) is 1. The lowest BCUT2D eigenvalue weighted by molar-refractivity contribution is 0.275. The van der Waals surface area contributed by atoms with Crippen molar-refractivity contribution in [2.75, 3.05) is 0 Å². The fourth-order valence-corrected chi connectivity index (χ4v) is 2.82. The topological polar surface area (TPSA) is 67.5 Å². The molecule has 0 unspecified atom stereocenters. The quantitative estimate of drug-likeness (QED) is 0.664. The molecule has 3 aromatic rings. The second kappa shape index (κ2) is 7.92. The molecule has 0 aliphatic heterocycles. The van der Waals surface area contributed by atoms with E-state index in [0.29, 0.717) is 18.8 Å². The Kier molecular flexibility index (Phi) is 5.42. The minimum absolute atomic E-state index is 0.0344. The summed E-state index contributed by atoms with van der Waals surface area (Å²) >= 11 is 1.49. The van der Waals surface area contributed by atoms with Crippen LogP contribution in [0.1, 0.15) is 22.0 Å². The van der Waals surface area contributed by atoms with Gasteiger partial charge in [0.15, 0.2) is 0 Å². The van der Waals surface area contributed by atoms with E-state index in [-0.39, 0.29) is 6.61 Å². The van der Waals surface area contributed by atoms with Gasteiger partial charge in [0.25, 0.3) is 0 Å². The molecule has 5 nitrogen and oxygen atoms in total. The van der Waals surface area contributed by atoms with Gasteiger partial charge in [-0.1, -0.05) is 12.1 Å². The summed E-state index contributed by atoms with van der Waals surface area (Å²) in [5.74, 6) is 1.73. The summed E-state index contributed by atoms with van der Waals surface area (Å²) in [6.45, 7) is 1.81. The number of furan rings is 1. The SMILES string of the molecule is OCc1csc(COc2cccc(CNCc3ccco3)c2)n1. The van der Waals surface area contributed by atoms with E-state index in [2.05, 4.69) is 16.4 Å². The zero-order chi connectivity index (χ0) is 15.9. The Morgan fingerprint density at radius 2 is 2.17 bits per heavy atom. The van der Waals surface area contributed by atoms with Crippen LogP contribution in [0, 0.1) is 0 Å². The van der Waals surface area contributed by atoms with Crippen LogP contribution in [0.15, 0.2) is 52.5 Å². The van der Waals surface area contributed by atoms with Gasteiger partial charge in [-0.15, -0.1) is 11.3 Å². The molecule has 0 spiro atoms. The summed E-state index contributed by atoms with van der Waals surface area (Å²) in [6.07, 6.45) is 1.67. The molecule has 120 valence electrons. The first kappa shape index (κ1) is 15.7. The molecular weight excluding hydrogens is 312 g/mol. The van der Waals surface area contributed by atoms with Crippen molar-refractivity contribution in [2.45, 2.75) is 26.3 Å². The van der Waals surface area contributed by atoms with Crippen LogP contribution < -0.4 is 10.1 Å². The molecule has 0 aliphatic rings. The lowest BCUT2D eigenvalue weighted by Gasteiger charge is -2.07. The van der Waals surface area contributed by atoms with Gasteiger partial charge in [-0.05, 0) is 29.8 Å². The van der Waals surface area contributed by atoms with Crippen molar-refractivity contribution in [3.05, 3.63) is 70.1 Å². The van der Waals surface area contributed by atoms with E-state index < -0.39 is 0 Å². The first-order valence-corrected chi connectivity index (χ1v) is 8.20. The summed E-state index contributed by atoms with van der Waals surface area (Å²) in [5, 5.41) is 15.0. The largest absolute Gasteiger partial charge is 0.486 e. The van der Waals surface area contributed by atoms with E-state index in [4.69, 9.17) is 14.3 Å². The van der Waals surface area contributed by atoms with Crippen molar-refractivity contribution in [1.29, 1.82) is 0 Å². The highest BCUT2D eigenvalue weighted by Gasteiger charge is 2.03. The molecule has 0 fully saturated rings. The summed E-state index contributed by atoms with van der Waals surface area (Å²) in [5.41, 5.74) is 1.83. The normalized spacial score (nSPS) is 10.8. The van der Waals surface area contributed by atoms with Crippen LogP contribution in [0.3, 0.4) is 0 Å². The summed E-state index contributed by atoms with van der Waals surface area (Å²) < 4.78 is 11.0. The van der Waals surface area contributed by atoms with Crippen molar-refractivity contribution in [3.8, 4) is 5.75 Å². The highest BCUT2D eigenvalue weighted by Crippen LogP contribution is 2.17. The minimum Gasteiger partial charge on any atom is -0.486 e. The van der Waals surface area contributed by atoms with E-state index in [9.17, 15) is 0 Å². The van der Waals surface area contributed by atoms with Gasteiger partial charge in [0.05, 0.1) is 25.1 Å². The van der Waals surface area contributed by atoms with Crippen molar-refractivity contribution < 1.29 is 14.3 Å². The van der Waals surface area contributed by atoms with Crippen LogP contribution in [0.2, 0.25) is 0 Å². The van der Waals surface area contributed by atoms with E-state index in [1.54, 1.807) is 6.26 Å². The molecule has 0 aliphatic carbocycles. The predicted octanol–water partition coefficient (Wildman–Crippen LogP) is 3.10. The van der Waals surface area contributed by atoms with E-state index >= 15 is 0 Å². The standard InChI is InChI=1S/C17H18N2O3S/c20-10-14-12-23-17(19-14)11-22-15-4-1-3-13(7-15)8-18-9-16-5-2-6-21-16/h1-7,12,18,20H,8-11H2. The zero-order valence-corrected chi connectivity index (χ0v) is 13.4. The maximum absolute atomic E-state index is 9.01. The van der Waals surface area contributed by atoms with E-state index in [1.165, 1.54) is 11.3 Å². The zero-order valence-electron chi connectivity index (χ0n) is 12.6. The number of hydrogen-bond acceptors (Lipinski definition) is 6. The molecule has 0 atom stereocenters. The maximum atomic E-state index is 9.01. The monoisotopic (exact) mass is 330 g/mol. The second-order valence-corrected chi connectivity index (χ2v) is 5.95. The Bertz CT molecular complexity index is 725. The smallest absolute Gasteiger partial charge is 0.140 e. The summed E-state index contributed by atoms with van der Waals surface area (Å²) in [4.78, 5) is 4.27. The molecule has 2 N–H and O–H groups in total. The highest BCUT2D eigenvalue weighted by molar-refractivity contribution is 7.09. The number of thiazole rings is 1. The van der Waals surface area contributed by atoms with Gasteiger partial charge < -0.3 is 19.6 Å². The lowest BCUT2D eigenvalue weighted by atomic mass is 10.2. The van der Waals surface area contributed by atoms with Crippen molar-refractivity contribution >= 4 is 11.3 Å². The van der Waals surface area contributed by atoms with Gasteiger partial charge >= 0.3 is 0 Å². The molecule has 2 aromatic heterocycles. The number of aromatic nitrogens is 1. The maximum Gasteiger partial charge on any atom is 0.140 e. The van der Waals surface area contributed by atoms with Crippen LogP contribution in [-0.2, 0) is 26.3 Å². The van der Waals surface area contributed by atoms with Gasteiger partial charge in [0.1, 0.15) is 23.1 Å². The summed E-state index contributed by atoms with van der Waals surface area (Å²) in [7, 11) is 0. The number of rotatable bonds is 8. The third-order valence-electron chi connectivity index (χ3n) is 3.23. The molecule has 6 heteroatoms. The number of nitrogens with one attached hydrogen (secondary N) is 1. The molecule has 2 heterocycles. The van der Waals surface area contributed by atoms with Gasteiger partial charge in [0.2, 0.25) is 0 Å². The Hall–Kier alpha value is -2.15. The van der Waals surface area contributed by atoms with Crippen LogP contribution in [0.4, 0.5) is 0 Å². The molecule has 3 rings (SSSR count). The number of hydrogen-bond donors (Lipinski definition) is 2. The number of benzene rings is 1. The fraction of sp³-hybridized carbons (Fsp3) is 0.235. The van der Waals surface area contributed by atoms with Crippen molar-refractivity contribution in [3.63, 3.8) is 0 Å². The first-order valence-electron chi connectivity index (χ1n) is 7.32. The third kappa shape index (κ3) is 4.66. The van der Waals surface area contributed by atoms with Gasteiger partial charge in [-0.2, -0.15) is 0 Å². The van der Waals surface area contributed by atoms with Crippen molar-refractivity contribution in [1.82, 2.24) is 10.3 Å². The van der Waals surface area contributed by atoms with Crippen molar-refractivity contribution in [2.24, 2.45) is 0 Å². The molecule has 0 radical (unpaired) electrons. The minimum atomic E-state index is -0.0344. The third-order valence-corrected chi connectivity index (χ3v) is 4.10. The molecule has 0 bridgehead atoms.